The highest BCUT2D eigenvalue weighted by Gasteiger charge is 2.28. The van der Waals surface area contributed by atoms with Crippen LogP contribution in [0.2, 0.25) is 0 Å². The fourth-order valence-electron chi connectivity index (χ4n) is 2.48. The number of aliphatic hydroxyl groups excluding tert-OH is 1. The monoisotopic (exact) mass is 258 g/mol. The molecule has 0 amide bonds. The Morgan fingerprint density at radius 2 is 2.05 bits per heavy atom. The van der Waals surface area contributed by atoms with Crippen molar-refractivity contribution < 1.29 is 14.2 Å². The van der Waals surface area contributed by atoms with Gasteiger partial charge >= 0.3 is 0 Å². The third kappa shape index (κ3) is 2.34. The normalized spacial score (nSPS) is 21.6. The fourth-order valence-corrected chi connectivity index (χ4v) is 2.48. The summed E-state index contributed by atoms with van der Waals surface area (Å²) in [5.74, 6) is 0.393. The van der Waals surface area contributed by atoms with E-state index in [0.717, 1.165) is 16.7 Å². The second-order valence-electron chi connectivity index (χ2n) is 4.95. The lowest BCUT2D eigenvalue weighted by molar-refractivity contribution is 0.0655. The van der Waals surface area contributed by atoms with E-state index in [1.807, 2.05) is 31.2 Å². The molecule has 0 fully saturated rings. The maximum absolute atomic E-state index is 13.3. The molecular weight excluding hydrogens is 243 g/mol. The van der Waals surface area contributed by atoms with E-state index in [1.165, 1.54) is 12.1 Å². The van der Waals surface area contributed by atoms with Gasteiger partial charge in [-0.1, -0.05) is 23.8 Å². The molecule has 1 aliphatic rings. The minimum absolute atomic E-state index is 0.287. The zero-order chi connectivity index (χ0) is 13.4. The zero-order valence-electron chi connectivity index (χ0n) is 10.6. The van der Waals surface area contributed by atoms with Crippen LogP contribution in [0.1, 0.15) is 35.3 Å². The number of rotatable bonds is 1. The smallest absolute Gasteiger partial charge is 0.127 e. The summed E-state index contributed by atoms with van der Waals surface area (Å²) in [4.78, 5) is 0. The standard InChI is InChI=1S/C16H15FO2/c1-10-5-6-15-13(7-10)14(18)9-16(19-15)11-3-2-4-12(17)8-11/h2-8,14,16,18H,9H2,1H3/t14-,16?/m0/s1. The number of fused-ring (bicyclic) bond motifs is 1. The van der Waals surface area contributed by atoms with Crippen molar-refractivity contribution in [1.82, 2.24) is 0 Å². The van der Waals surface area contributed by atoms with Crippen LogP contribution in [0.5, 0.6) is 5.75 Å². The van der Waals surface area contributed by atoms with E-state index in [0.29, 0.717) is 12.2 Å². The van der Waals surface area contributed by atoms with Crippen LogP contribution in [-0.4, -0.2) is 5.11 Å². The molecule has 2 aromatic carbocycles. The molecule has 98 valence electrons. The summed E-state index contributed by atoms with van der Waals surface area (Å²) in [7, 11) is 0. The molecule has 0 saturated carbocycles. The third-order valence-corrected chi connectivity index (χ3v) is 3.45. The second-order valence-corrected chi connectivity index (χ2v) is 4.95. The Labute approximate surface area is 111 Å². The van der Waals surface area contributed by atoms with Crippen LogP contribution in [0.3, 0.4) is 0 Å². The summed E-state index contributed by atoms with van der Waals surface area (Å²) in [6.45, 7) is 1.98. The van der Waals surface area contributed by atoms with E-state index >= 15 is 0 Å². The maximum Gasteiger partial charge on any atom is 0.127 e. The van der Waals surface area contributed by atoms with Gasteiger partial charge in [-0.25, -0.2) is 4.39 Å². The van der Waals surface area contributed by atoms with Crippen LogP contribution < -0.4 is 4.74 Å². The van der Waals surface area contributed by atoms with E-state index in [2.05, 4.69) is 0 Å². The Kier molecular flexibility index (Phi) is 2.99. The van der Waals surface area contributed by atoms with Crippen molar-refractivity contribution in [2.24, 2.45) is 0 Å². The maximum atomic E-state index is 13.3. The fraction of sp³-hybridized carbons (Fsp3) is 0.250. The van der Waals surface area contributed by atoms with E-state index < -0.39 is 6.10 Å². The number of hydrogen-bond donors (Lipinski definition) is 1. The molecule has 0 bridgehead atoms. The summed E-state index contributed by atoms with van der Waals surface area (Å²) >= 11 is 0. The van der Waals surface area contributed by atoms with Gasteiger partial charge in [-0.2, -0.15) is 0 Å². The number of halogens is 1. The largest absolute Gasteiger partial charge is 0.485 e. The minimum atomic E-state index is -0.572. The highest BCUT2D eigenvalue weighted by Crippen LogP contribution is 2.41. The Hall–Kier alpha value is -1.87. The van der Waals surface area contributed by atoms with Crippen LogP contribution in [0.15, 0.2) is 42.5 Å². The molecule has 1 unspecified atom stereocenters. The number of hydrogen-bond acceptors (Lipinski definition) is 2. The molecular formula is C16H15FO2. The summed E-state index contributed by atoms with van der Waals surface area (Å²) in [5.41, 5.74) is 2.66. The van der Waals surface area contributed by atoms with Gasteiger partial charge in [0.15, 0.2) is 0 Å². The topological polar surface area (TPSA) is 29.5 Å². The molecule has 0 radical (unpaired) electrons. The molecule has 2 nitrogen and oxygen atoms in total. The highest BCUT2D eigenvalue weighted by molar-refractivity contribution is 5.41. The molecule has 2 atom stereocenters. The lowest BCUT2D eigenvalue weighted by Crippen LogP contribution is -2.19. The van der Waals surface area contributed by atoms with Gasteiger partial charge in [0.2, 0.25) is 0 Å². The molecule has 0 saturated heterocycles. The van der Waals surface area contributed by atoms with Crippen molar-refractivity contribution in [2.45, 2.75) is 25.6 Å². The van der Waals surface area contributed by atoms with Gasteiger partial charge in [0, 0.05) is 12.0 Å². The Balaban J connectivity index is 1.95. The van der Waals surface area contributed by atoms with Crippen LogP contribution in [-0.2, 0) is 0 Å². The predicted octanol–water partition coefficient (Wildman–Crippen LogP) is 3.69. The average Bonchev–Trinajstić information content (AvgIpc) is 2.39. The van der Waals surface area contributed by atoms with E-state index in [4.69, 9.17) is 4.74 Å². The number of benzene rings is 2. The molecule has 0 spiro atoms. The quantitative estimate of drug-likeness (QED) is 0.845. The van der Waals surface area contributed by atoms with Gasteiger partial charge in [0.25, 0.3) is 0 Å². The Morgan fingerprint density at radius 3 is 2.84 bits per heavy atom. The number of ether oxygens (including phenoxy) is 1. The SMILES string of the molecule is Cc1ccc2c(c1)[C@@H](O)CC(c1cccc(F)c1)O2. The van der Waals surface area contributed by atoms with Gasteiger partial charge in [0.05, 0.1) is 6.10 Å². The minimum Gasteiger partial charge on any atom is -0.485 e. The lowest BCUT2D eigenvalue weighted by atomic mass is 9.94. The molecule has 1 heterocycles. The van der Waals surface area contributed by atoms with Gasteiger partial charge in [-0.05, 0) is 36.8 Å². The van der Waals surface area contributed by atoms with Gasteiger partial charge < -0.3 is 9.84 Å². The van der Waals surface area contributed by atoms with Gasteiger partial charge in [-0.15, -0.1) is 0 Å². The van der Waals surface area contributed by atoms with Gasteiger partial charge in [-0.3, -0.25) is 0 Å². The van der Waals surface area contributed by atoms with E-state index in [1.54, 1.807) is 6.07 Å². The van der Waals surface area contributed by atoms with Crippen LogP contribution in [0, 0.1) is 12.7 Å². The Morgan fingerprint density at radius 1 is 1.21 bits per heavy atom. The van der Waals surface area contributed by atoms with Crippen molar-refractivity contribution in [3.8, 4) is 5.75 Å². The summed E-state index contributed by atoms with van der Waals surface area (Å²) in [6.07, 6.45) is -0.433. The van der Waals surface area contributed by atoms with Crippen LogP contribution in [0.4, 0.5) is 4.39 Å². The molecule has 0 aliphatic carbocycles. The third-order valence-electron chi connectivity index (χ3n) is 3.45. The first-order valence-electron chi connectivity index (χ1n) is 6.34. The molecule has 0 aromatic heterocycles. The Bertz CT molecular complexity index is 609. The first-order valence-corrected chi connectivity index (χ1v) is 6.34. The number of aliphatic hydroxyl groups is 1. The van der Waals surface area contributed by atoms with E-state index in [9.17, 15) is 9.50 Å². The number of aryl methyl sites for hydroxylation is 1. The summed E-state index contributed by atoms with van der Waals surface area (Å²) < 4.78 is 19.1. The van der Waals surface area contributed by atoms with Gasteiger partial charge in [0.1, 0.15) is 17.7 Å². The molecule has 19 heavy (non-hydrogen) atoms. The lowest BCUT2D eigenvalue weighted by Gasteiger charge is -2.30. The molecule has 1 N–H and O–H groups in total. The van der Waals surface area contributed by atoms with Crippen molar-refractivity contribution >= 4 is 0 Å². The van der Waals surface area contributed by atoms with E-state index in [-0.39, 0.29) is 11.9 Å². The molecule has 3 rings (SSSR count). The predicted molar refractivity (Wildman–Crippen MR) is 70.5 cm³/mol. The first kappa shape index (κ1) is 12.2. The van der Waals surface area contributed by atoms with Crippen molar-refractivity contribution in [3.63, 3.8) is 0 Å². The molecule has 1 aliphatic heterocycles. The first-order chi connectivity index (χ1) is 9.13. The van der Waals surface area contributed by atoms with Crippen LogP contribution >= 0.6 is 0 Å². The highest BCUT2D eigenvalue weighted by atomic mass is 19.1. The second kappa shape index (κ2) is 4.67. The average molecular weight is 258 g/mol. The summed E-state index contributed by atoms with van der Waals surface area (Å²) in [5, 5.41) is 10.2. The molecule has 2 aromatic rings. The van der Waals surface area contributed by atoms with Crippen molar-refractivity contribution in [2.75, 3.05) is 0 Å². The summed E-state index contributed by atoms with van der Waals surface area (Å²) in [6, 6.07) is 12.1. The van der Waals surface area contributed by atoms with Crippen molar-refractivity contribution in [1.29, 1.82) is 0 Å². The zero-order valence-corrected chi connectivity index (χ0v) is 10.6. The van der Waals surface area contributed by atoms with Crippen LogP contribution in [0.25, 0.3) is 0 Å². The van der Waals surface area contributed by atoms with Crippen molar-refractivity contribution in [3.05, 3.63) is 65.0 Å². The molecule has 3 heteroatoms.